The van der Waals surface area contributed by atoms with Crippen LogP contribution in [0.15, 0.2) is 24.3 Å². The molecule has 2 rings (SSSR count). The molecule has 5 heteroatoms. The van der Waals surface area contributed by atoms with Crippen molar-refractivity contribution in [3.05, 3.63) is 46.8 Å². The number of hydrogen-bond donors (Lipinski definition) is 0. The molecule has 0 unspecified atom stereocenters. The normalized spacial score (nSPS) is 10.6. The molecular formula is C17H23N3O2. The number of carbonyl (C=O) groups is 1. The van der Waals surface area contributed by atoms with Gasteiger partial charge in [-0.1, -0.05) is 12.1 Å². The Labute approximate surface area is 131 Å². The van der Waals surface area contributed by atoms with Gasteiger partial charge in [-0.05, 0) is 32.9 Å². The number of aryl methyl sites for hydroxylation is 2. The molecule has 0 atom stereocenters. The van der Waals surface area contributed by atoms with E-state index in [1.807, 2.05) is 30.7 Å². The van der Waals surface area contributed by atoms with Crippen LogP contribution in [0.4, 0.5) is 0 Å². The van der Waals surface area contributed by atoms with Crippen LogP contribution in [0.2, 0.25) is 0 Å². The predicted octanol–water partition coefficient (Wildman–Crippen LogP) is 2.80. The fourth-order valence-electron chi connectivity index (χ4n) is 2.61. The zero-order valence-corrected chi connectivity index (χ0v) is 13.9. The SMILES string of the molecule is CCn1nc(C)c(CN(C)C(=O)c2ccccc2OC)c1C. The minimum atomic E-state index is -0.0551. The Balaban J connectivity index is 2.24. The first-order valence-electron chi connectivity index (χ1n) is 7.40. The van der Waals surface area contributed by atoms with Crippen molar-refractivity contribution in [3.8, 4) is 5.75 Å². The van der Waals surface area contributed by atoms with Crippen LogP contribution in [0.25, 0.3) is 0 Å². The number of para-hydroxylation sites is 1. The van der Waals surface area contributed by atoms with Crippen LogP contribution in [-0.2, 0) is 13.1 Å². The number of hydrogen-bond acceptors (Lipinski definition) is 3. The largest absolute Gasteiger partial charge is 0.496 e. The first-order chi connectivity index (χ1) is 10.5. The van der Waals surface area contributed by atoms with Gasteiger partial charge in [-0.3, -0.25) is 9.48 Å². The molecule has 0 radical (unpaired) electrons. The monoisotopic (exact) mass is 301 g/mol. The zero-order valence-electron chi connectivity index (χ0n) is 13.9. The number of nitrogens with zero attached hydrogens (tertiary/aromatic N) is 3. The van der Waals surface area contributed by atoms with Crippen molar-refractivity contribution in [2.75, 3.05) is 14.2 Å². The van der Waals surface area contributed by atoms with Gasteiger partial charge < -0.3 is 9.64 Å². The van der Waals surface area contributed by atoms with Crippen LogP contribution in [0.1, 0.15) is 34.2 Å². The average molecular weight is 301 g/mol. The molecule has 0 aliphatic rings. The third kappa shape index (κ3) is 2.98. The summed E-state index contributed by atoms with van der Waals surface area (Å²) in [4.78, 5) is 14.3. The molecule has 0 aliphatic heterocycles. The fraction of sp³-hybridized carbons (Fsp3) is 0.412. The maximum Gasteiger partial charge on any atom is 0.257 e. The molecule has 1 heterocycles. The van der Waals surface area contributed by atoms with Gasteiger partial charge in [-0.2, -0.15) is 5.10 Å². The summed E-state index contributed by atoms with van der Waals surface area (Å²) in [6.07, 6.45) is 0. The molecule has 0 saturated heterocycles. The van der Waals surface area contributed by atoms with Crippen molar-refractivity contribution in [1.82, 2.24) is 14.7 Å². The van der Waals surface area contributed by atoms with Gasteiger partial charge in [0.25, 0.3) is 5.91 Å². The number of methoxy groups -OCH3 is 1. The van der Waals surface area contributed by atoms with Crippen molar-refractivity contribution in [2.45, 2.75) is 33.9 Å². The predicted molar refractivity (Wildman–Crippen MR) is 86.2 cm³/mol. The minimum Gasteiger partial charge on any atom is -0.496 e. The maximum absolute atomic E-state index is 12.6. The number of rotatable bonds is 5. The van der Waals surface area contributed by atoms with Crippen molar-refractivity contribution >= 4 is 5.91 Å². The Hall–Kier alpha value is -2.30. The zero-order chi connectivity index (χ0) is 16.3. The summed E-state index contributed by atoms with van der Waals surface area (Å²) < 4.78 is 7.24. The van der Waals surface area contributed by atoms with Crippen molar-refractivity contribution in [3.63, 3.8) is 0 Å². The molecule has 0 N–H and O–H groups in total. The van der Waals surface area contributed by atoms with Crippen LogP contribution in [0.5, 0.6) is 5.75 Å². The van der Waals surface area contributed by atoms with E-state index in [2.05, 4.69) is 12.0 Å². The number of carbonyl (C=O) groups excluding carboxylic acids is 1. The number of amides is 1. The molecule has 118 valence electrons. The second-order valence-electron chi connectivity index (χ2n) is 5.33. The number of ether oxygens (including phenoxy) is 1. The van der Waals surface area contributed by atoms with E-state index in [0.29, 0.717) is 17.9 Å². The first kappa shape index (κ1) is 16.1. The van der Waals surface area contributed by atoms with Crippen molar-refractivity contribution < 1.29 is 9.53 Å². The average Bonchev–Trinajstić information content (AvgIpc) is 2.81. The summed E-state index contributed by atoms with van der Waals surface area (Å²) in [6, 6.07) is 7.28. The van der Waals surface area contributed by atoms with Gasteiger partial charge in [-0.25, -0.2) is 0 Å². The molecule has 1 aromatic carbocycles. The maximum atomic E-state index is 12.6. The van der Waals surface area contributed by atoms with E-state index in [4.69, 9.17) is 4.74 Å². The summed E-state index contributed by atoms with van der Waals surface area (Å²) >= 11 is 0. The summed E-state index contributed by atoms with van der Waals surface area (Å²) in [5.74, 6) is 0.539. The Morgan fingerprint density at radius 3 is 2.59 bits per heavy atom. The smallest absolute Gasteiger partial charge is 0.257 e. The minimum absolute atomic E-state index is 0.0551. The van der Waals surface area contributed by atoms with E-state index in [0.717, 1.165) is 23.5 Å². The lowest BCUT2D eigenvalue weighted by Crippen LogP contribution is -2.27. The highest BCUT2D eigenvalue weighted by molar-refractivity contribution is 5.96. The van der Waals surface area contributed by atoms with Crippen LogP contribution in [0, 0.1) is 13.8 Å². The van der Waals surface area contributed by atoms with Gasteiger partial charge in [0.1, 0.15) is 5.75 Å². The lowest BCUT2D eigenvalue weighted by Gasteiger charge is -2.19. The Kier molecular flexibility index (Phi) is 4.85. The van der Waals surface area contributed by atoms with Gasteiger partial charge in [-0.15, -0.1) is 0 Å². The highest BCUT2D eigenvalue weighted by Crippen LogP contribution is 2.21. The number of benzene rings is 1. The van der Waals surface area contributed by atoms with Gasteiger partial charge >= 0.3 is 0 Å². The molecular weight excluding hydrogens is 278 g/mol. The van der Waals surface area contributed by atoms with Crippen LogP contribution in [0.3, 0.4) is 0 Å². The first-order valence-corrected chi connectivity index (χ1v) is 7.40. The molecule has 0 bridgehead atoms. The van der Waals surface area contributed by atoms with Crippen LogP contribution >= 0.6 is 0 Å². The third-order valence-corrected chi connectivity index (χ3v) is 3.91. The fourth-order valence-corrected chi connectivity index (χ4v) is 2.61. The molecule has 0 fully saturated rings. The summed E-state index contributed by atoms with van der Waals surface area (Å²) in [5.41, 5.74) is 3.76. The van der Waals surface area contributed by atoms with Gasteiger partial charge in [0.2, 0.25) is 0 Å². The summed E-state index contributed by atoms with van der Waals surface area (Å²) in [5, 5.41) is 4.50. The van der Waals surface area contributed by atoms with Gasteiger partial charge in [0, 0.05) is 31.4 Å². The summed E-state index contributed by atoms with van der Waals surface area (Å²) in [7, 11) is 3.38. The molecule has 5 nitrogen and oxygen atoms in total. The van der Waals surface area contributed by atoms with E-state index in [-0.39, 0.29) is 5.91 Å². The molecule has 1 aromatic heterocycles. The number of aromatic nitrogens is 2. The second kappa shape index (κ2) is 6.64. The lowest BCUT2D eigenvalue weighted by molar-refractivity contribution is 0.0781. The Bertz CT molecular complexity index is 677. The third-order valence-electron chi connectivity index (χ3n) is 3.91. The van der Waals surface area contributed by atoms with E-state index in [9.17, 15) is 4.79 Å². The summed E-state index contributed by atoms with van der Waals surface area (Å²) in [6.45, 7) is 7.45. The lowest BCUT2D eigenvalue weighted by atomic mass is 10.1. The topological polar surface area (TPSA) is 47.4 Å². The quantitative estimate of drug-likeness (QED) is 0.853. The van der Waals surface area contributed by atoms with Crippen LogP contribution < -0.4 is 4.74 Å². The van der Waals surface area contributed by atoms with E-state index in [1.165, 1.54) is 0 Å². The van der Waals surface area contributed by atoms with Crippen molar-refractivity contribution in [2.24, 2.45) is 0 Å². The Morgan fingerprint density at radius 2 is 2.00 bits per heavy atom. The van der Waals surface area contributed by atoms with Crippen LogP contribution in [-0.4, -0.2) is 34.7 Å². The highest BCUT2D eigenvalue weighted by atomic mass is 16.5. The van der Waals surface area contributed by atoms with E-state index >= 15 is 0 Å². The van der Waals surface area contributed by atoms with Gasteiger partial charge in [0.15, 0.2) is 0 Å². The molecule has 0 spiro atoms. The standard InChI is InChI=1S/C17H23N3O2/c1-6-20-13(3)15(12(2)18-20)11-19(4)17(21)14-9-7-8-10-16(14)22-5/h7-10H,6,11H2,1-5H3. The van der Waals surface area contributed by atoms with E-state index in [1.54, 1.807) is 31.2 Å². The second-order valence-corrected chi connectivity index (χ2v) is 5.33. The molecule has 0 saturated carbocycles. The molecule has 2 aromatic rings. The highest BCUT2D eigenvalue weighted by Gasteiger charge is 2.19. The molecule has 22 heavy (non-hydrogen) atoms. The molecule has 1 amide bonds. The van der Waals surface area contributed by atoms with Crippen molar-refractivity contribution in [1.29, 1.82) is 0 Å². The van der Waals surface area contributed by atoms with E-state index < -0.39 is 0 Å². The molecule has 0 aliphatic carbocycles. The Morgan fingerprint density at radius 1 is 1.32 bits per heavy atom. The van der Waals surface area contributed by atoms with Gasteiger partial charge in [0.05, 0.1) is 18.4 Å².